The molecule has 2 aromatic rings. The number of aryl methyl sites for hydroxylation is 1. The molecule has 0 aliphatic carbocycles. The molecule has 0 atom stereocenters. The maximum atomic E-state index is 12.3. The number of rotatable bonds is 7. The summed E-state index contributed by atoms with van der Waals surface area (Å²) >= 11 is 1.23. The summed E-state index contributed by atoms with van der Waals surface area (Å²) in [5.41, 5.74) is 1.89. The van der Waals surface area contributed by atoms with E-state index in [1.807, 2.05) is 31.2 Å². The van der Waals surface area contributed by atoms with Crippen LogP contribution >= 0.6 is 11.3 Å². The summed E-state index contributed by atoms with van der Waals surface area (Å²) in [6, 6.07) is 11.1. The van der Waals surface area contributed by atoms with E-state index in [1.165, 1.54) is 18.3 Å². The molecule has 136 valence electrons. The smallest absolute Gasteiger partial charge is 0.250 e. The fraction of sp³-hybridized carbons (Fsp3) is 0.389. The van der Waals surface area contributed by atoms with Crippen LogP contribution in [0.15, 0.2) is 40.6 Å². The van der Waals surface area contributed by atoms with Crippen LogP contribution in [0.1, 0.15) is 37.1 Å². The highest BCUT2D eigenvalue weighted by atomic mass is 32.2. The van der Waals surface area contributed by atoms with Gasteiger partial charge >= 0.3 is 0 Å². The van der Waals surface area contributed by atoms with Crippen molar-refractivity contribution in [3.63, 3.8) is 0 Å². The molecule has 0 radical (unpaired) electrons. The van der Waals surface area contributed by atoms with Gasteiger partial charge in [0.25, 0.3) is 0 Å². The molecule has 0 spiro atoms. The fourth-order valence-electron chi connectivity index (χ4n) is 2.59. The lowest BCUT2D eigenvalue weighted by atomic mass is 10.0. The molecule has 0 fully saturated rings. The molecule has 1 aromatic heterocycles. The summed E-state index contributed by atoms with van der Waals surface area (Å²) in [6.45, 7) is 7.93. The zero-order chi connectivity index (χ0) is 18.6. The zero-order valence-corrected chi connectivity index (χ0v) is 16.6. The molecule has 1 N–H and O–H groups in total. The SMILES string of the molecule is CC(=O)N(CCNS(=O)(=O)c1ccc(C)s1)c1ccccc1C(C)C. The second-order valence-electron chi connectivity index (χ2n) is 6.15. The average Bonchev–Trinajstić information content (AvgIpc) is 2.98. The first-order valence-corrected chi connectivity index (χ1v) is 10.5. The van der Waals surface area contributed by atoms with Gasteiger partial charge in [-0.25, -0.2) is 13.1 Å². The Morgan fingerprint density at radius 3 is 2.44 bits per heavy atom. The predicted octanol–water partition coefficient (Wildman–Crippen LogP) is 3.51. The van der Waals surface area contributed by atoms with Gasteiger partial charge in [-0.1, -0.05) is 32.0 Å². The number of carbonyl (C=O) groups is 1. The second-order valence-corrected chi connectivity index (χ2v) is 9.43. The van der Waals surface area contributed by atoms with E-state index in [1.54, 1.807) is 17.0 Å². The van der Waals surface area contributed by atoms with E-state index < -0.39 is 10.0 Å². The van der Waals surface area contributed by atoms with Crippen molar-refractivity contribution in [1.82, 2.24) is 4.72 Å². The third-order valence-corrected chi connectivity index (χ3v) is 6.79. The summed E-state index contributed by atoms with van der Waals surface area (Å²) in [4.78, 5) is 14.7. The van der Waals surface area contributed by atoms with Crippen LogP contribution in [-0.4, -0.2) is 27.4 Å². The number of nitrogens with zero attached hydrogens (tertiary/aromatic N) is 1. The van der Waals surface area contributed by atoms with E-state index in [4.69, 9.17) is 0 Å². The highest BCUT2D eigenvalue weighted by molar-refractivity contribution is 7.91. The van der Waals surface area contributed by atoms with E-state index in [0.29, 0.717) is 4.21 Å². The summed E-state index contributed by atoms with van der Waals surface area (Å²) < 4.78 is 27.5. The first-order chi connectivity index (χ1) is 11.7. The molecular formula is C18H24N2O3S2. The van der Waals surface area contributed by atoms with E-state index in [9.17, 15) is 13.2 Å². The molecular weight excluding hydrogens is 356 g/mol. The van der Waals surface area contributed by atoms with Gasteiger partial charge in [-0.15, -0.1) is 11.3 Å². The number of anilines is 1. The Morgan fingerprint density at radius 2 is 1.88 bits per heavy atom. The Hall–Kier alpha value is -1.70. The van der Waals surface area contributed by atoms with Gasteiger partial charge in [0.2, 0.25) is 15.9 Å². The number of benzene rings is 1. The molecule has 1 heterocycles. The third kappa shape index (κ3) is 4.90. The van der Waals surface area contributed by atoms with Crippen molar-refractivity contribution >= 4 is 33.0 Å². The molecule has 0 unspecified atom stereocenters. The van der Waals surface area contributed by atoms with Crippen molar-refractivity contribution < 1.29 is 13.2 Å². The van der Waals surface area contributed by atoms with Crippen LogP contribution in [0.4, 0.5) is 5.69 Å². The summed E-state index contributed by atoms with van der Waals surface area (Å²) in [6.07, 6.45) is 0. The van der Waals surface area contributed by atoms with Crippen LogP contribution in [0.2, 0.25) is 0 Å². The van der Waals surface area contributed by atoms with Crippen LogP contribution in [-0.2, 0) is 14.8 Å². The van der Waals surface area contributed by atoms with Crippen LogP contribution in [0.3, 0.4) is 0 Å². The number of hydrogen-bond acceptors (Lipinski definition) is 4. The number of sulfonamides is 1. The maximum Gasteiger partial charge on any atom is 0.250 e. The molecule has 1 aromatic carbocycles. The van der Waals surface area contributed by atoms with E-state index >= 15 is 0 Å². The fourth-order valence-corrected chi connectivity index (χ4v) is 4.94. The predicted molar refractivity (Wildman–Crippen MR) is 103 cm³/mol. The number of carbonyl (C=O) groups excluding carboxylic acids is 1. The lowest BCUT2D eigenvalue weighted by Crippen LogP contribution is -2.38. The monoisotopic (exact) mass is 380 g/mol. The van der Waals surface area contributed by atoms with E-state index in [0.717, 1.165) is 16.1 Å². The van der Waals surface area contributed by atoms with Gasteiger partial charge in [-0.05, 0) is 36.6 Å². The third-order valence-electron chi connectivity index (χ3n) is 3.84. The average molecular weight is 381 g/mol. The highest BCUT2D eigenvalue weighted by Crippen LogP contribution is 2.27. The summed E-state index contributed by atoms with van der Waals surface area (Å²) in [5.74, 6) is 0.156. The molecule has 7 heteroatoms. The molecule has 1 amide bonds. The molecule has 0 aliphatic heterocycles. The topological polar surface area (TPSA) is 66.5 Å². The Kier molecular flexibility index (Phi) is 6.37. The standard InChI is InChI=1S/C18H24N2O3S2/c1-13(2)16-7-5-6-8-17(16)20(15(4)21)12-11-19-25(22,23)18-10-9-14(3)24-18/h5-10,13,19H,11-12H2,1-4H3. The largest absolute Gasteiger partial charge is 0.311 e. The van der Waals surface area contributed by atoms with Crippen LogP contribution in [0.25, 0.3) is 0 Å². The van der Waals surface area contributed by atoms with Crippen LogP contribution in [0, 0.1) is 6.92 Å². The summed E-state index contributed by atoms with van der Waals surface area (Å²) in [7, 11) is -3.54. The van der Waals surface area contributed by atoms with Gasteiger partial charge in [-0.2, -0.15) is 0 Å². The quantitative estimate of drug-likeness (QED) is 0.799. The maximum absolute atomic E-state index is 12.3. The summed E-state index contributed by atoms with van der Waals surface area (Å²) in [5, 5.41) is 0. The van der Waals surface area contributed by atoms with Crippen LogP contribution < -0.4 is 9.62 Å². The Bertz CT molecular complexity index is 842. The minimum atomic E-state index is -3.54. The second kappa shape index (κ2) is 8.12. The molecule has 2 rings (SSSR count). The van der Waals surface area contributed by atoms with Crippen molar-refractivity contribution in [2.24, 2.45) is 0 Å². The highest BCUT2D eigenvalue weighted by Gasteiger charge is 2.19. The minimum absolute atomic E-state index is 0.112. The molecule has 5 nitrogen and oxygen atoms in total. The number of hydrogen-bond donors (Lipinski definition) is 1. The van der Waals surface area contributed by atoms with E-state index in [-0.39, 0.29) is 24.9 Å². The van der Waals surface area contributed by atoms with Crippen molar-refractivity contribution in [2.75, 3.05) is 18.0 Å². The van der Waals surface area contributed by atoms with Gasteiger partial charge in [0.05, 0.1) is 0 Å². The molecule has 0 saturated heterocycles. The number of nitrogens with one attached hydrogen (secondary N) is 1. The normalized spacial score (nSPS) is 11.7. The molecule has 0 saturated carbocycles. The molecule has 0 bridgehead atoms. The van der Waals surface area contributed by atoms with Gasteiger partial charge in [0.1, 0.15) is 4.21 Å². The van der Waals surface area contributed by atoms with E-state index in [2.05, 4.69) is 18.6 Å². The Balaban J connectivity index is 2.12. The van der Waals surface area contributed by atoms with Crippen molar-refractivity contribution in [1.29, 1.82) is 0 Å². The van der Waals surface area contributed by atoms with Crippen LogP contribution in [0.5, 0.6) is 0 Å². The Morgan fingerprint density at radius 1 is 1.20 bits per heavy atom. The van der Waals surface area contributed by atoms with Crippen molar-refractivity contribution in [3.05, 3.63) is 46.8 Å². The Labute approximate surface area is 153 Å². The number of thiophene rings is 1. The molecule has 0 aliphatic rings. The zero-order valence-electron chi connectivity index (χ0n) is 14.9. The number of para-hydroxylation sites is 1. The van der Waals surface area contributed by atoms with Crippen molar-refractivity contribution in [2.45, 2.75) is 37.8 Å². The van der Waals surface area contributed by atoms with Gasteiger partial charge in [0.15, 0.2) is 0 Å². The lowest BCUT2D eigenvalue weighted by Gasteiger charge is -2.25. The first-order valence-electron chi connectivity index (χ1n) is 8.15. The molecule has 25 heavy (non-hydrogen) atoms. The van der Waals surface area contributed by atoms with Gasteiger partial charge < -0.3 is 4.90 Å². The number of amides is 1. The van der Waals surface area contributed by atoms with Gasteiger partial charge in [0, 0.05) is 30.6 Å². The van der Waals surface area contributed by atoms with Crippen molar-refractivity contribution in [3.8, 4) is 0 Å². The van der Waals surface area contributed by atoms with Gasteiger partial charge in [-0.3, -0.25) is 4.79 Å². The minimum Gasteiger partial charge on any atom is -0.311 e. The first kappa shape index (κ1) is 19.6. The lowest BCUT2D eigenvalue weighted by molar-refractivity contribution is -0.116.